The highest BCUT2D eigenvalue weighted by atomic mass is 35.5. The number of para-hydroxylation sites is 1. The lowest BCUT2D eigenvalue weighted by atomic mass is 9.83. The van der Waals surface area contributed by atoms with Crippen molar-refractivity contribution in [3.8, 4) is 0 Å². The highest BCUT2D eigenvalue weighted by Gasteiger charge is 2.30. The van der Waals surface area contributed by atoms with Crippen LogP contribution in [0.25, 0.3) is 10.9 Å². The van der Waals surface area contributed by atoms with Crippen molar-refractivity contribution in [1.82, 2.24) is 10.3 Å². The molecule has 1 aromatic carbocycles. The minimum Gasteiger partial charge on any atom is -0.306 e. The second-order valence-electron chi connectivity index (χ2n) is 6.27. The van der Waals surface area contributed by atoms with E-state index in [4.69, 9.17) is 11.6 Å². The molecule has 0 atom stereocenters. The average Bonchev–Trinajstić information content (AvgIpc) is 2.53. The van der Waals surface area contributed by atoms with Crippen LogP contribution in [0.5, 0.6) is 0 Å². The summed E-state index contributed by atoms with van der Waals surface area (Å²) in [6, 6.07) is 10.6. The lowest BCUT2D eigenvalue weighted by Gasteiger charge is -2.37. The molecule has 0 aliphatic heterocycles. The van der Waals surface area contributed by atoms with Gasteiger partial charge in [-0.3, -0.25) is 4.98 Å². The van der Waals surface area contributed by atoms with Gasteiger partial charge in [-0.15, -0.1) is 11.6 Å². The van der Waals surface area contributed by atoms with Crippen LogP contribution in [0.1, 0.15) is 43.4 Å². The third-order valence-electron chi connectivity index (χ3n) is 4.65. The van der Waals surface area contributed by atoms with E-state index < -0.39 is 0 Å². The summed E-state index contributed by atoms with van der Waals surface area (Å²) < 4.78 is 0. The minimum atomic E-state index is 0.123. The van der Waals surface area contributed by atoms with E-state index in [1.54, 1.807) is 0 Å². The van der Waals surface area contributed by atoms with E-state index in [-0.39, 0.29) is 5.54 Å². The number of fused-ring (bicyclic) bond motifs is 1. The monoisotopic (exact) mass is 302 g/mol. The van der Waals surface area contributed by atoms with Gasteiger partial charge in [-0.2, -0.15) is 0 Å². The van der Waals surface area contributed by atoms with E-state index in [1.165, 1.54) is 43.1 Å². The van der Waals surface area contributed by atoms with E-state index in [2.05, 4.69) is 41.5 Å². The van der Waals surface area contributed by atoms with Crippen molar-refractivity contribution in [3.05, 3.63) is 41.6 Å². The van der Waals surface area contributed by atoms with E-state index in [0.717, 1.165) is 17.8 Å². The number of nitrogens with one attached hydrogen (secondary N) is 1. The summed E-state index contributed by atoms with van der Waals surface area (Å²) in [5, 5.41) is 5.01. The van der Waals surface area contributed by atoms with Gasteiger partial charge in [0.05, 0.1) is 5.52 Å². The summed E-state index contributed by atoms with van der Waals surface area (Å²) in [5.41, 5.74) is 3.61. The summed E-state index contributed by atoms with van der Waals surface area (Å²) in [6.07, 6.45) is 6.31. The Morgan fingerprint density at radius 3 is 2.71 bits per heavy atom. The maximum Gasteiger partial charge on any atom is 0.0708 e. The summed E-state index contributed by atoms with van der Waals surface area (Å²) in [7, 11) is 0. The number of hydrogen-bond donors (Lipinski definition) is 1. The van der Waals surface area contributed by atoms with E-state index >= 15 is 0 Å². The zero-order chi connectivity index (χ0) is 14.7. The third kappa shape index (κ3) is 3.22. The van der Waals surface area contributed by atoms with Gasteiger partial charge in [-0.25, -0.2) is 0 Å². The molecular weight excluding hydrogens is 280 g/mol. The molecule has 1 aliphatic rings. The van der Waals surface area contributed by atoms with Crippen LogP contribution in [0, 0.1) is 6.92 Å². The number of halogens is 1. The van der Waals surface area contributed by atoms with E-state index in [9.17, 15) is 0 Å². The van der Waals surface area contributed by atoms with Gasteiger partial charge in [0.25, 0.3) is 0 Å². The molecule has 1 saturated carbocycles. The first kappa shape index (κ1) is 14.8. The van der Waals surface area contributed by atoms with Crippen molar-refractivity contribution < 1.29 is 0 Å². The van der Waals surface area contributed by atoms with Crippen molar-refractivity contribution in [2.45, 2.75) is 51.1 Å². The molecule has 1 N–H and O–H groups in total. The van der Waals surface area contributed by atoms with Crippen LogP contribution >= 0.6 is 11.6 Å². The fourth-order valence-corrected chi connectivity index (χ4v) is 3.77. The first-order valence-corrected chi connectivity index (χ1v) is 8.42. The SMILES string of the molecule is Cc1cc(CNC2(CCl)CCCCC2)c2ccccc2n1. The Hall–Kier alpha value is -1.12. The Bertz CT molecular complexity index is 618. The second kappa shape index (κ2) is 6.33. The number of nitrogens with zero attached hydrogens (tertiary/aromatic N) is 1. The molecular formula is C18H23ClN2. The van der Waals surface area contributed by atoms with Crippen molar-refractivity contribution >= 4 is 22.5 Å². The van der Waals surface area contributed by atoms with Crippen LogP contribution in [0.3, 0.4) is 0 Å². The maximum absolute atomic E-state index is 6.28. The predicted octanol–water partition coefficient (Wildman–Crippen LogP) is 4.57. The summed E-state index contributed by atoms with van der Waals surface area (Å²) in [6.45, 7) is 2.93. The smallest absolute Gasteiger partial charge is 0.0708 e. The number of rotatable bonds is 4. The topological polar surface area (TPSA) is 24.9 Å². The van der Waals surface area contributed by atoms with Crippen molar-refractivity contribution in [2.24, 2.45) is 0 Å². The Morgan fingerprint density at radius 2 is 1.95 bits per heavy atom. The fraction of sp³-hybridized carbons (Fsp3) is 0.500. The highest BCUT2D eigenvalue weighted by molar-refractivity contribution is 6.18. The van der Waals surface area contributed by atoms with Crippen molar-refractivity contribution in [2.75, 3.05) is 5.88 Å². The lowest BCUT2D eigenvalue weighted by molar-refractivity contribution is 0.257. The number of benzene rings is 1. The Balaban J connectivity index is 1.84. The fourth-order valence-electron chi connectivity index (χ4n) is 3.41. The number of alkyl halides is 1. The number of aryl methyl sites for hydroxylation is 1. The highest BCUT2D eigenvalue weighted by Crippen LogP contribution is 2.30. The molecule has 2 aromatic rings. The molecule has 3 rings (SSSR count). The average molecular weight is 303 g/mol. The first-order chi connectivity index (χ1) is 10.2. The molecule has 0 saturated heterocycles. The van der Waals surface area contributed by atoms with Gasteiger partial charge in [-0.1, -0.05) is 37.5 Å². The molecule has 21 heavy (non-hydrogen) atoms. The number of hydrogen-bond acceptors (Lipinski definition) is 2. The van der Waals surface area contributed by atoms with Crippen LogP contribution in [0.15, 0.2) is 30.3 Å². The Kier molecular flexibility index (Phi) is 4.46. The van der Waals surface area contributed by atoms with Gasteiger partial charge in [-0.05, 0) is 37.5 Å². The zero-order valence-corrected chi connectivity index (χ0v) is 13.4. The van der Waals surface area contributed by atoms with Gasteiger partial charge >= 0.3 is 0 Å². The molecule has 1 aromatic heterocycles. The zero-order valence-electron chi connectivity index (χ0n) is 12.7. The summed E-state index contributed by atoms with van der Waals surface area (Å²) in [5.74, 6) is 0.703. The molecule has 1 heterocycles. The van der Waals surface area contributed by atoms with Crippen LogP contribution < -0.4 is 5.32 Å². The minimum absolute atomic E-state index is 0.123. The van der Waals surface area contributed by atoms with Crippen LogP contribution in [0.4, 0.5) is 0 Å². The quantitative estimate of drug-likeness (QED) is 0.837. The summed E-state index contributed by atoms with van der Waals surface area (Å²) >= 11 is 6.28. The van der Waals surface area contributed by atoms with Gasteiger partial charge in [0.1, 0.15) is 0 Å². The molecule has 3 heteroatoms. The van der Waals surface area contributed by atoms with Crippen LogP contribution in [0.2, 0.25) is 0 Å². The van der Waals surface area contributed by atoms with Crippen LogP contribution in [-0.4, -0.2) is 16.4 Å². The molecule has 2 nitrogen and oxygen atoms in total. The van der Waals surface area contributed by atoms with Gasteiger partial charge < -0.3 is 5.32 Å². The third-order valence-corrected chi connectivity index (χ3v) is 5.16. The van der Waals surface area contributed by atoms with Gasteiger partial charge in [0.2, 0.25) is 0 Å². The standard InChI is InChI=1S/C18H23ClN2/c1-14-11-15(16-7-3-4-8-17(16)21-14)12-20-18(13-19)9-5-2-6-10-18/h3-4,7-8,11,20H,2,5-6,9-10,12-13H2,1H3. The van der Waals surface area contributed by atoms with Gasteiger partial charge in [0.15, 0.2) is 0 Å². The Labute approximate surface area is 131 Å². The van der Waals surface area contributed by atoms with Crippen molar-refractivity contribution in [1.29, 1.82) is 0 Å². The number of aromatic nitrogens is 1. The molecule has 1 fully saturated rings. The second-order valence-corrected chi connectivity index (χ2v) is 6.54. The summed E-state index contributed by atoms with van der Waals surface area (Å²) in [4.78, 5) is 4.61. The number of pyridine rings is 1. The largest absolute Gasteiger partial charge is 0.306 e. The molecule has 0 unspecified atom stereocenters. The Morgan fingerprint density at radius 1 is 1.19 bits per heavy atom. The van der Waals surface area contributed by atoms with E-state index in [1.807, 2.05) is 6.07 Å². The molecule has 0 amide bonds. The molecule has 0 bridgehead atoms. The van der Waals surface area contributed by atoms with Crippen molar-refractivity contribution in [3.63, 3.8) is 0 Å². The first-order valence-electron chi connectivity index (χ1n) is 7.89. The lowest BCUT2D eigenvalue weighted by Crippen LogP contribution is -2.48. The molecule has 1 aliphatic carbocycles. The van der Waals surface area contributed by atoms with Crippen LogP contribution in [-0.2, 0) is 6.54 Å². The van der Waals surface area contributed by atoms with Gasteiger partial charge in [0, 0.05) is 29.0 Å². The van der Waals surface area contributed by atoms with E-state index in [0.29, 0.717) is 5.88 Å². The molecule has 112 valence electrons. The predicted molar refractivity (Wildman–Crippen MR) is 89.9 cm³/mol. The molecule has 0 radical (unpaired) electrons. The maximum atomic E-state index is 6.28. The normalized spacial score (nSPS) is 18.0. The molecule has 0 spiro atoms.